The quantitative estimate of drug-likeness (QED) is 0.301. The molecule has 0 unspecified atom stereocenters. The Kier molecular flexibility index (Phi) is 7.59. The van der Waals surface area contributed by atoms with Crippen LogP contribution in [0.15, 0.2) is 94.6 Å². The molecule has 0 amide bonds. The van der Waals surface area contributed by atoms with Crippen LogP contribution in [0.5, 0.6) is 0 Å². The van der Waals surface area contributed by atoms with Gasteiger partial charge in [-0.1, -0.05) is 82.3 Å². The normalized spacial score (nSPS) is 20.3. The summed E-state index contributed by atoms with van der Waals surface area (Å²) in [5.41, 5.74) is 8.80. The fourth-order valence-electron chi connectivity index (χ4n) is 5.48. The van der Waals surface area contributed by atoms with Gasteiger partial charge in [-0.25, -0.2) is 0 Å². The minimum Gasteiger partial charge on any atom is -0.347 e. The van der Waals surface area contributed by atoms with Gasteiger partial charge in [0.15, 0.2) is 0 Å². The molecule has 2 aromatic carbocycles. The van der Waals surface area contributed by atoms with Crippen molar-refractivity contribution >= 4 is 35.8 Å². The number of thiol groups is 1. The molecule has 0 aromatic heterocycles. The number of benzene rings is 2. The van der Waals surface area contributed by atoms with Crippen molar-refractivity contribution in [3.63, 3.8) is 0 Å². The van der Waals surface area contributed by atoms with Gasteiger partial charge in [0.25, 0.3) is 0 Å². The van der Waals surface area contributed by atoms with Gasteiger partial charge in [0.2, 0.25) is 0 Å². The highest BCUT2D eigenvalue weighted by Gasteiger charge is 2.37. The Morgan fingerprint density at radius 2 is 1.77 bits per heavy atom. The number of allylic oxidation sites excluding steroid dienone is 7. The molecule has 4 rings (SSSR count). The second kappa shape index (κ2) is 10.3. The van der Waals surface area contributed by atoms with E-state index in [1.165, 1.54) is 33.7 Å². The predicted octanol–water partition coefficient (Wildman–Crippen LogP) is 9.08. The minimum absolute atomic E-state index is 0.0138. The highest BCUT2D eigenvalue weighted by molar-refractivity contribution is 7.84. The number of hydrogen-bond donors (Lipinski definition) is 2. The first-order chi connectivity index (χ1) is 16.7. The molecular formula is C31H37ClN2S. The highest BCUT2D eigenvalue weighted by Crippen LogP contribution is 2.47. The molecule has 2 nitrogen and oxygen atoms in total. The monoisotopic (exact) mass is 504 g/mol. The summed E-state index contributed by atoms with van der Waals surface area (Å²) < 4.78 is 0. The van der Waals surface area contributed by atoms with Crippen LogP contribution in [0.4, 0.5) is 11.4 Å². The summed E-state index contributed by atoms with van der Waals surface area (Å²) in [5, 5.41) is 0. The molecule has 0 saturated carbocycles. The molecule has 2 aliphatic rings. The average molecular weight is 505 g/mol. The molecule has 1 aliphatic carbocycles. The molecule has 2 aromatic rings. The first kappa shape index (κ1) is 25.7. The van der Waals surface area contributed by atoms with Crippen LogP contribution in [-0.4, -0.2) is 7.05 Å². The number of likely N-dealkylation sites (N-methyl/N-ethyl adjacent to an activating group) is 1. The summed E-state index contributed by atoms with van der Waals surface area (Å²) in [7, 11) is 2.17. The second-order valence-corrected chi connectivity index (χ2v) is 11.4. The maximum Gasteiger partial charge on any atom is 0.0529 e. The van der Waals surface area contributed by atoms with E-state index in [9.17, 15) is 0 Å². The van der Waals surface area contributed by atoms with Gasteiger partial charge in [-0.05, 0) is 71.6 Å². The minimum atomic E-state index is -0.0301. The number of hydrogen-bond acceptors (Lipinski definition) is 3. The van der Waals surface area contributed by atoms with E-state index in [2.05, 4.69) is 105 Å². The standard InChI is InChI=1S/C31H37ClN2S/c1-30(2,24-15-6-8-17-26(24)33-32)21-11-14-22-12-10-13-23(29(22)35)19-20-28-31(3,4)25-16-7-9-18-27(25)34(28)5/h6-9,11,14-20,33,35H,10,12-13,21H2,1-5H3/b14-11+,23-19+,28-20+. The number of nitrogens with one attached hydrogen (secondary N) is 1. The molecule has 35 heavy (non-hydrogen) atoms. The lowest BCUT2D eigenvalue weighted by Crippen LogP contribution is -2.22. The third-order valence-corrected chi connectivity index (χ3v) is 8.37. The summed E-state index contributed by atoms with van der Waals surface area (Å²) in [6, 6.07) is 17.0. The molecule has 0 radical (unpaired) electrons. The molecule has 0 saturated heterocycles. The van der Waals surface area contributed by atoms with Crippen molar-refractivity contribution in [3.05, 3.63) is 106 Å². The number of anilines is 2. The summed E-state index contributed by atoms with van der Waals surface area (Å²) in [4.78, 5) is 6.27. The maximum atomic E-state index is 5.96. The molecule has 0 fully saturated rings. The van der Waals surface area contributed by atoms with Gasteiger partial charge in [-0.3, -0.25) is 4.84 Å². The number of fused-ring (bicyclic) bond motifs is 1. The third kappa shape index (κ3) is 5.13. The van der Waals surface area contributed by atoms with Crippen molar-refractivity contribution in [1.82, 2.24) is 0 Å². The van der Waals surface area contributed by atoms with Crippen LogP contribution in [0, 0.1) is 0 Å². The Morgan fingerprint density at radius 1 is 1.06 bits per heavy atom. The zero-order valence-electron chi connectivity index (χ0n) is 21.5. The Labute approximate surface area is 222 Å². The van der Waals surface area contributed by atoms with Crippen LogP contribution >= 0.6 is 24.4 Å². The van der Waals surface area contributed by atoms with Gasteiger partial charge in [0, 0.05) is 40.5 Å². The van der Waals surface area contributed by atoms with Crippen molar-refractivity contribution in [1.29, 1.82) is 0 Å². The summed E-state index contributed by atoms with van der Waals surface area (Å²) >= 11 is 10.9. The lowest BCUT2D eigenvalue weighted by Gasteiger charge is -2.26. The van der Waals surface area contributed by atoms with Gasteiger partial charge >= 0.3 is 0 Å². The van der Waals surface area contributed by atoms with E-state index < -0.39 is 0 Å². The number of para-hydroxylation sites is 2. The first-order valence-electron chi connectivity index (χ1n) is 12.5. The van der Waals surface area contributed by atoms with Crippen LogP contribution in [0.1, 0.15) is 64.5 Å². The number of rotatable bonds is 6. The Bertz CT molecular complexity index is 1220. The predicted molar refractivity (Wildman–Crippen MR) is 157 cm³/mol. The van der Waals surface area contributed by atoms with E-state index in [4.69, 9.17) is 24.4 Å². The Morgan fingerprint density at radius 3 is 2.51 bits per heavy atom. The molecule has 0 atom stereocenters. The van der Waals surface area contributed by atoms with E-state index in [1.807, 2.05) is 12.1 Å². The van der Waals surface area contributed by atoms with E-state index >= 15 is 0 Å². The zero-order valence-corrected chi connectivity index (χ0v) is 23.2. The van der Waals surface area contributed by atoms with Crippen LogP contribution in [0.3, 0.4) is 0 Å². The van der Waals surface area contributed by atoms with Crippen molar-refractivity contribution in [3.8, 4) is 0 Å². The van der Waals surface area contributed by atoms with Gasteiger partial charge in [-0.2, -0.15) is 0 Å². The highest BCUT2D eigenvalue weighted by atomic mass is 35.5. The molecule has 0 spiro atoms. The van der Waals surface area contributed by atoms with E-state index in [-0.39, 0.29) is 10.8 Å². The van der Waals surface area contributed by atoms with Crippen molar-refractivity contribution in [2.75, 3.05) is 16.8 Å². The second-order valence-electron chi connectivity index (χ2n) is 10.8. The van der Waals surface area contributed by atoms with Gasteiger partial charge < -0.3 is 4.90 Å². The molecule has 4 heteroatoms. The van der Waals surface area contributed by atoms with Gasteiger partial charge in [0.1, 0.15) is 0 Å². The molecule has 1 aliphatic heterocycles. The average Bonchev–Trinajstić information content (AvgIpc) is 3.04. The van der Waals surface area contributed by atoms with E-state index in [0.29, 0.717) is 0 Å². The number of nitrogens with zero attached hydrogens (tertiary/aromatic N) is 1. The smallest absolute Gasteiger partial charge is 0.0529 e. The summed E-state index contributed by atoms with van der Waals surface area (Å²) in [6.45, 7) is 9.14. The molecule has 184 valence electrons. The van der Waals surface area contributed by atoms with Crippen LogP contribution < -0.4 is 9.74 Å². The first-order valence-corrected chi connectivity index (χ1v) is 13.3. The van der Waals surface area contributed by atoms with Crippen LogP contribution in [0.2, 0.25) is 0 Å². The molecular weight excluding hydrogens is 468 g/mol. The molecule has 0 bridgehead atoms. The van der Waals surface area contributed by atoms with E-state index in [1.54, 1.807) is 0 Å². The van der Waals surface area contributed by atoms with Crippen LogP contribution in [0.25, 0.3) is 0 Å². The van der Waals surface area contributed by atoms with Crippen molar-refractivity contribution in [2.24, 2.45) is 0 Å². The van der Waals surface area contributed by atoms with Crippen molar-refractivity contribution < 1.29 is 0 Å². The lowest BCUT2D eigenvalue weighted by molar-refractivity contribution is 0.536. The van der Waals surface area contributed by atoms with Crippen LogP contribution in [-0.2, 0) is 10.8 Å². The SMILES string of the molecule is CN1/C(=C/C=C2\CCCC(/C=C/CC(C)(C)c3ccccc3NCl)=C2S)C(C)(C)c2ccccc21. The third-order valence-electron chi connectivity index (χ3n) is 7.59. The maximum absolute atomic E-state index is 5.96. The van der Waals surface area contributed by atoms with Gasteiger partial charge in [0.05, 0.1) is 5.69 Å². The number of halogens is 1. The lowest BCUT2D eigenvalue weighted by atomic mass is 9.80. The molecule has 1 N–H and O–H groups in total. The Hall–Kier alpha value is -2.36. The largest absolute Gasteiger partial charge is 0.347 e. The summed E-state index contributed by atoms with van der Waals surface area (Å²) in [5.74, 6) is 0. The fourth-order valence-corrected chi connectivity index (χ4v) is 6.02. The fraction of sp³-hybridized carbons (Fsp3) is 0.355. The summed E-state index contributed by atoms with van der Waals surface area (Å²) in [6.07, 6.45) is 13.4. The van der Waals surface area contributed by atoms with Gasteiger partial charge in [-0.15, -0.1) is 12.6 Å². The van der Waals surface area contributed by atoms with Crippen molar-refractivity contribution in [2.45, 2.75) is 64.2 Å². The van der Waals surface area contributed by atoms with E-state index in [0.717, 1.165) is 36.3 Å². The topological polar surface area (TPSA) is 15.3 Å². The Balaban J connectivity index is 1.55. The molecule has 1 heterocycles. The zero-order chi connectivity index (χ0) is 25.2.